The molecule has 0 aliphatic rings. The summed E-state index contributed by atoms with van der Waals surface area (Å²) in [5, 5.41) is 8.44. The average Bonchev–Trinajstić information content (AvgIpc) is 1.82. The number of carboxylic acids is 1. The zero-order chi connectivity index (χ0) is 8.85. The minimum absolute atomic E-state index is 0.286. The summed E-state index contributed by atoms with van der Waals surface area (Å²) in [6.45, 7) is 2.94. The minimum atomic E-state index is -0.698. The first-order valence-electron chi connectivity index (χ1n) is 3.89. The standard InChI is InChI=1S/C8H17NO2/c1-7(6-8(10)11)4-5-9(2)3/h7H,4-6H2,1-3H3,(H,10,11). The molecule has 1 atom stereocenters. The van der Waals surface area contributed by atoms with Crippen LogP contribution >= 0.6 is 0 Å². The van der Waals surface area contributed by atoms with Crippen LogP contribution in [-0.4, -0.2) is 36.6 Å². The molecule has 0 saturated carbocycles. The van der Waals surface area contributed by atoms with Gasteiger partial charge in [-0.1, -0.05) is 6.92 Å². The number of hydrogen-bond donors (Lipinski definition) is 1. The molecule has 0 spiro atoms. The molecule has 0 aromatic carbocycles. The van der Waals surface area contributed by atoms with Gasteiger partial charge in [0.25, 0.3) is 0 Å². The van der Waals surface area contributed by atoms with Gasteiger partial charge in [-0.2, -0.15) is 0 Å². The van der Waals surface area contributed by atoms with Gasteiger partial charge in [0.15, 0.2) is 0 Å². The van der Waals surface area contributed by atoms with E-state index in [9.17, 15) is 4.79 Å². The quantitative estimate of drug-likeness (QED) is 0.651. The van der Waals surface area contributed by atoms with E-state index in [1.165, 1.54) is 0 Å². The first kappa shape index (κ1) is 10.4. The van der Waals surface area contributed by atoms with Crippen molar-refractivity contribution in [2.75, 3.05) is 20.6 Å². The molecule has 0 aromatic heterocycles. The number of hydrogen-bond acceptors (Lipinski definition) is 2. The predicted molar refractivity (Wildman–Crippen MR) is 44.6 cm³/mol. The van der Waals surface area contributed by atoms with E-state index < -0.39 is 5.97 Å². The van der Waals surface area contributed by atoms with Gasteiger partial charge in [-0.15, -0.1) is 0 Å². The lowest BCUT2D eigenvalue weighted by atomic mass is 10.0. The highest BCUT2D eigenvalue weighted by molar-refractivity contribution is 5.66. The van der Waals surface area contributed by atoms with E-state index in [-0.39, 0.29) is 12.3 Å². The second kappa shape index (κ2) is 5.13. The molecule has 0 amide bonds. The van der Waals surface area contributed by atoms with E-state index in [1.807, 2.05) is 21.0 Å². The largest absolute Gasteiger partial charge is 0.481 e. The summed E-state index contributed by atoms with van der Waals surface area (Å²) >= 11 is 0. The van der Waals surface area contributed by atoms with E-state index in [0.717, 1.165) is 13.0 Å². The Kier molecular flexibility index (Phi) is 4.86. The monoisotopic (exact) mass is 159 g/mol. The molecule has 3 nitrogen and oxygen atoms in total. The maximum atomic E-state index is 10.2. The topological polar surface area (TPSA) is 40.5 Å². The number of carboxylic acid groups (broad SMARTS) is 1. The van der Waals surface area contributed by atoms with Gasteiger partial charge in [0.2, 0.25) is 0 Å². The molecule has 66 valence electrons. The Labute approximate surface area is 68.0 Å². The molecule has 0 heterocycles. The average molecular weight is 159 g/mol. The minimum Gasteiger partial charge on any atom is -0.481 e. The SMILES string of the molecule is CC(CCN(C)C)CC(=O)O. The summed E-state index contributed by atoms with van der Waals surface area (Å²) in [6, 6.07) is 0. The Morgan fingerprint density at radius 1 is 1.55 bits per heavy atom. The fraction of sp³-hybridized carbons (Fsp3) is 0.875. The maximum absolute atomic E-state index is 10.2. The molecule has 0 rings (SSSR count). The Hall–Kier alpha value is -0.570. The normalized spacial score (nSPS) is 13.5. The van der Waals surface area contributed by atoms with Gasteiger partial charge in [0, 0.05) is 6.42 Å². The summed E-state index contributed by atoms with van der Waals surface area (Å²) in [5.41, 5.74) is 0. The summed E-state index contributed by atoms with van der Waals surface area (Å²) in [5.74, 6) is -0.411. The van der Waals surface area contributed by atoms with Crippen molar-refractivity contribution in [2.45, 2.75) is 19.8 Å². The Morgan fingerprint density at radius 3 is 2.45 bits per heavy atom. The van der Waals surface area contributed by atoms with Crippen LogP contribution in [0.25, 0.3) is 0 Å². The predicted octanol–water partition coefficient (Wildman–Crippen LogP) is 1.05. The molecule has 1 N–H and O–H groups in total. The van der Waals surface area contributed by atoms with Gasteiger partial charge in [-0.05, 0) is 33.0 Å². The Morgan fingerprint density at radius 2 is 2.09 bits per heavy atom. The zero-order valence-corrected chi connectivity index (χ0v) is 7.50. The van der Waals surface area contributed by atoms with Crippen molar-refractivity contribution in [2.24, 2.45) is 5.92 Å². The third-order valence-electron chi connectivity index (χ3n) is 1.59. The van der Waals surface area contributed by atoms with Gasteiger partial charge in [0.05, 0.1) is 0 Å². The van der Waals surface area contributed by atoms with Crippen LogP contribution in [0.15, 0.2) is 0 Å². The van der Waals surface area contributed by atoms with Crippen molar-refractivity contribution >= 4 is 5.97 Å². The van der Waals surface area contributed by atoms with Gasteiger partial charge >= 0.3 is 5.97 Å². The van der Waals surface area contributed by atoms with Crippen molar-refractivity contribution in [3.63, 3.8) is 0 Å². The third-order valence-corrected chi connectivity index (χ3v) is 1.59. The van der Waals surface area contributed by atoms with Crippen LogP contribution in [0.4, 0.5) is 0 Å². The van der Waals surface area contributed by atoms with Crippen LogP contribution in [0.5, 0.6) is 0 Å². The first-order valence-corrected chi connectivity index (χ1v) is 3.89. The number of aliphatic carboxylic acids is 1. The summed E-state index contributed by atoms with van der Waals surface area (Å²) < 4.78 is 0. The van der Waals surface area contributed by atoms with Crippen LogP contribution in [0.1, 0.15) is 19.8 Å². The number of rotatable bonds is 5. The van der Waals surface area contributed by atoms with Crippen molar-refractivity contribution in [3.8, 4) is 0 Å². The highest BCUT2D eigenvalue weighted by Crippen LogP contribution is 2.06. The molecule has 0 saturated heterocycles. The van der Waals surface area contributed by atoms with E-state index in [2.05, 4.69) is 4.90 Å². The highest BCUT2D eigenvalue weighted by Gasteiger charge is 2.06. The van der Waals surface area contributed by atoms with E-state index in [4.69, 9.17) is 5.11 Å². The summed E-state index contributed by atoms with van der Waals surface area (Å²) in [6.07, 6.45) is 1.24. The van der Waals surface area contributed by atoms with Crippen molar-refractivity contribution < 1.29 is 9.90 Å². The molecule has 11 heavy (non-hydrogen) atoms. The molecule has 1 unspecified atom stereocenters. The molecule has 0 aliphatic heterocycles. The highest BCUT2D eigenvalue weighted by atomic mass is 16.4. The maximum Gasteiger partial charge on any atom is 0.303 e. The van der Waals surface area contributed by atoms with Crippen molar-refractivity contribution in [1.82, 2.24) is 4.90 Å². The molecule has 0 aromatic rings. The van der Waals surface area contributed by atoms with E-state index in [0.29, 0.717) is 0 Å². The van der Waals surface area contributed by atoms with Crippen LogP contribution in [-0.2, 0) is 4.79 Å². The Bertz CT molecular complexity index is 123. The first-order chi connectivity index (χ1) is 5.02. The molecule has 0 radical (unpaired) electrons. The zero-order valence-electron chi connectivity index (χ0n) is 7.50. The summed E-state index contributed by atoms with van der Waals surface area (Å²) in [4.78, 5) is 12.3. The molecule has 0 aliphatic carbocycles. The van der Waals surface area contributed by atoms with Crippen LogP contribution in [0, 0.1) is 5.92 Å². The second-order valence-corrected chi connectivity index (χ2v) is 3.29. The van der Waals surface area contributed by atoms with Crippen molar-refractivity contribution in [1.29, 1.82) is 0 Å². The fourth-order valence-corrected chi connectivity index (χ4v) is 0.879. The lowest BCUT2D eigenvalue weighted by molar-refractivity contribution is -0.138. The van der Waals surface area contributed by atoms with Gasteiger partial charge in [-0.3, -0.25) is 4.79 Å². The molecule has 0 bridgehead atoms. The molecule has 0 fully saturated rings. The van der Waals surface area contributed by atoms with E-state index in [1.54, 1.807) is 0 Å². The van der Waals surface area contributed by atoms with Gasteiger partial charge in [-0.25, -0.2) is 0 Å². The van der Waals surface area contributed by atoms with Crippen LogP contribution in [0.3, 0.4) is 0 Å². The molecular weight excluding hydrogens is 142 g/mol. The van der Waals surface area contributed by atoms with E-state index >= 15 is 0 Å². The van der Waals surface area contributed by atoms with Crippen molar-refractivity contribution in [3.05, 3.63) is 0 Å². The summed E-state index contributed by atoms with van der Waals surface area (Å²) in [7, 11) is 3.99. The fourth-order valence-electron chi connectivity index (χ4n) is 0.879. The third kappa shape index (κ3) is 7.33. The lowest BCUT2D eigenvalue weighted by Crippen LogP contribution is -2.16. The number of nitrogens with zero attached hydrogens (tertiary/aromatic N) is 1. The van der Waals surface area contributed by atoms with Gasteiger partial charge in [0.1, 0.15) is 0 Å². The molecule has 3 heteroatoms. The Balaban J connectivity index is 3.37. The van der Waals surface area contributed by atoms with Crippen LogP contribution < -0.4 is 0 Å². The number of carbonyl (C=O) groups is 1. The second-order valence-electron chi connectivity index (χ2n) is 3.29. The van der Waals surface area contributed by atoms with Gasteiger partial charge < -0.3 is 10.0 Å². The van der Waals surface area contributed by atoms with Crippen LogP contribution in [0.2, 0.25) is 0 Å². The lowest BCUT2D eigenvalue weighted by Gasteiger charge is -2.12. The molecular formula is C8H17NO2. The smallest absolute Gasteiger partial charge is 0.303 e.